The largest absolute Gasteiger partial charge is 0.283 e. The molecule has 1 amide bonds. The van der Waals surface area contributed by atoms with Crippen LogP contribution in [0.25, 0.3) is 10.9 Å². The van der Waals surface area contributed by atoms with Gasteiger partial charge in [-0.05, 0) is 48.7 Å². The van der Waals surface area contributed by atoms with Crippen LogP contribution in [0.5, 0.6) is 0 Å². The van der Waals surface area contributed by atoms with E-state index in [0.29, 0.717) is 23.4 Å². The molecule has 1 fully saturated rings. The molecule has 0 unspecified atom stereocenters. The summed E-state index contributed by atoms with van der Waals surface area (Å²) in [6.07, 6.45) is 8.47. The van der Waals surface area contributed by atoms with E-state index in [1.54, 1.807) is 33.8 Å². The minimum absolute atomic E-state index is 0.0999. The van der Waals surface area contributed by atoms with Crippen molar-refractivity contribution < 1.29 is 9.59 Å². The molecule has 0 atom stereocenters. The van der Waals surface area contributed by atoms with Crippen LogP contribution in [0.1, 0.15) is 54.4 Å². The van der Waals surface area contributed by atoms with Crippen molar-refractivity contribution in [3.05, 3.63) is 70.9 Å². The molecule has 3 aromatic rings. The highest BCUT2D eigenvalue weighted by Gasteiger charge is 2.31. The third-order valence-corrected chi connectivity index (χ3v) is 6.53. The predicted octanol–water partition coefficient (Wildman–Crippen LogP) is 5.45. The number of aromatic nitrogens is 1. The van der Waals surface area contributed by atoms with E-state index < -0.39 is 0 Å². The second-order valence-corrected chi connectivity index (χ2v) is 8.84. The third-order valence-electron chi connectivity index (χ3n) is 6.28. The molecule has 2 aliphatic rings. The number of hydrogen-bond donors (Lipinski definition) is 0. The maximum atomic E-state index is 13.2. The highest BCUT2D eigenvalue weighted by Crippen LogP contribution is 2.28. The van der Waals surface area contributed by atoms with Crippen LogP contribution in [-0.2, 0) is 11.2 Å². The predicted molar refractivity (Wildman–Crippen MR) is 123 cm³/mol. The maximum absolute atomic E-state index is 13.2. The maximum Gasteiger partial charge on any atom is 0.262 e. The Hall–Kier alpha value is -2.92. The average molecular weight is 434 g/mol. The van der Waals surface area contributed by atoms with Gasteiger partial charge in [0.15, 0.2) is 0 Å². The van der Waals surface area contributed by atoms with Crippen LogP contribution < -0.4 is 0 Å². The molecule has 1 aliphatic carbocycles. The van der Waals surface area contributed by atoms with Crippen molar-refractivity contribution in [1.29, 1.82) is 0 Å². The first-order valence-corrected chi connectivity index (χ1v) is 11.3. The minimum atomic E-state index is -0.104. The monoisotopic (exact) mass is 433 g/mol. The Kier molecular flexibility index (Phi) is 5.36. The molecule has 0 radical (unpaired) electrons. The van der Waals surface area contributed by atoms with Gasteiger partial charge in [-0.3, -0.25) is 14.2 Å². The summed E-state index contributed by atoms with van der Waals surface area (Å²) in [6.45, 7) is 0. The number of benzene rings is 2. The third kappa shape index (κ3) is 3.90. The van der Waals surface area contributed by atoms with Gasteiger partial charge < -0.3 is 0 Å². The van der Waals surface area contributed by atoms with Crippen molar-refractivity contribution >= 4 is 40.0 Å². The van der Waals surface area contributed by atoms with E-state index in [1.807, 2.05) is 30.5 Å². The highest BCUT2D eigenvalue weighted by molar-refractivity contribution is 6.30. The second kappa shape index (κ2) is 8.31. The first-order valence-electron chi connectivity index (χ1n) is 10.9. The lowest BCUT2D eigenvalue weighted by atomic mass is 9.95. The number of fused-ring (bicyclic) bond motifs is 1. The minimum Gasteiger partial charge on any atom is -0.283 e. The Morgan fingerprint density at radius 3 is 2.55 bits per heavy atom. The Labute approximate surface area is 186 Å². The topological polar surface area (TPSA) is 54.7 Å². The van der Waals surface area contributed by atoms with Crippen LogP contribution in [0.4, 0.5) is 0 Å². The van der Waals surface area contributed by atoms with E-state index in [-0.39, 0.29) is 17.9 Å². The molecule has 31 heavy (non-hydrogen) atoms. The SMILES string of the molecule is O=C1CC(Cc2cn(C(=O)c3ccc(Cl)cc3)c3ccccc23)=NN1C1CCCCC1. The van der Waals surface area contributed by atoms with Crippen LogP contribution >= 0.6 is 11.6 Å². The standard InChI is InChI=1S/C25H24ClN3O2/c26-19-12-10-17(11-13-19)25(31)28-16-18(22-8-4-5-9-23(22)28)14-20-15-24(30)29(27-20)21-6-2-1-3-7-21/h4-5,8-13,16,21H,1-3,6-7,14-15H2. The molecule has 1 saturated carbocycles. The van der Waals surface area contributed by atoms with E-state index in [9.17, 15) is 9.59 Å². The van der Waals surface area contributed by atoms with Crippen molar-refractivity contribution in [2.45, 2.75) is 51.0 Å². The Bertz CT molecular complexity index is 1170. The van der Waals surface area contributed by atoms with Crippen LogP contribution in [0.3, 0.4) is 0 Å². The summed E-state index contributed by atoms with van der Waals surface area (Å²) >= 11 is 5.97. The zero-order valence-electron chi connectivity index (χ0n) is 17.3. The van der Waals surface area contributed by atoms with Crippen LogP contribution in [0.2, 0.25) is 5.02 Å². The molecular formula is C25H24ClN3O2. The highest BCUT2D eigenvalue weighted by atomic mass is 35.5. The van der Waals surface area contributed by atoms with Crippen LogP contribution in [0, 0.1) is 0 Å². The lowest BCUT2D eigenvalue weighted by Crippen LogP contribution is -2.34. The number of hydrazone groups is 1. The zero-order valence-corrected chi connectivity index (χ0v) is 18.0. The molecule has 2 heterocycles. The van der Waals surface area contributed by atoms with Gasteiger partial charge in [0.1, 0.15) is 0 Å². The van der Waals surface area contributed by atoms with Crippen molar-refractivity contribution in [1.82, 2.24) is 9.58 Å². The molecule has 6 heteroatoms. The Balaban J connectivity index is 1.45. The van der Waals surface area contributed by atoms with Gasteiger partial charge in [-0.1, -0.05) is 49.1 Å². The number of para-hydroxylation sites is 1. The van der Waals surface area contributed by atoms with Gasteiger partial charge in [-0.25, -0.2) is 5.01 Å². The molecule has 1 aliphatic heterocycles. The molecule has 1 aromatic heterocycles. The summed E-state index contributed by atoms with van der Waals surface area (Å²) in [7, 11) is 0. The molecule has 0 saturated heterocycles. The molecule has 0 bridgehead atoms. The smallest absolute Gasteiger partial charge is 0.262 e. The van der Waals surface area contributed by atoms with Crippen molar-refractivity contribution in [3.63, 3.8) is 0 Å². The van der Waals surface area contributed by atoms with E-state index in [0.717, 1.165) is 35.0 Å². The fourth-order valence-corrected chi connectivity index (χ4v) is 4.84. The van der Waals surface area contributed by atoms with Gasteiger partial charge in [0.2, 0.25) is 5.91 Å². The number of carbonyl (C=O) groups excluding carboxylic acids is 2. The number of halogens is 1. The van der Waals surface area contributed by atoms with Crippen LogP contribution in [0.15, 0.2) is 59.8 Å². The van der Waals surface area contributed by atoms with E-state index in [4.69, 9.17) is 16.7 Å². The van der Waals surface area contributed by atoms with Crippen LogP contribution in [-0.4, -0.2) is 33.1 Å². The molecule has 5 rings (SSSR count). The Morgan fingerprint density at radius 2 is 1.77 bits per heavy atom. The lowest BCUT2D eigenvalue weighted by Gasteiger charge is -2.27. The lowest BCUT2D eigenvalue weighted by molar-refractivity contribution is -0.131. The average Bonchev–Trinajstić information content (AvgIpc) is 3.35. The van der Waals surface area contributed by atoms with E-state index >= 15 is 0 Å². The quantitative estimate of drug-likeness (QED) is 0.549. The second-order valence-electron chi connectivity index (χ2n) is 8.40. The first-order chi connectivity index (χ1) is 15.1. The van der Waals surface area contributed by atoms with Gasteiger partial charge >= 0.3 is 0 Å². The summed E-state index contributed by atoms with van der Waals surface area (Å²) in [4.78, 5) is 25.8. The molecule has 0 N–H and O–H groups in total. The number of amides is 1. The van der Waals surface area contributed by atoms with Gasteiger partial charge in [-0.2, -0.15) is 5.10 Å². The van der Waals surface area contributed by atoms with Crippen molar-refractivity contribution in [3.8, 4) is 0 Å². The Morgan fingerprint density at radius 1 is 1.03 bits per heavy atom. The molecule has 5 nitrogen and oxygen atoms in total. The fraction of sp³-hybridized carbons (Fsp3) is 0.320. The summed E-state index contributed by atoms with van der Waals surface area (Å²) in [5.41, 5.74) is 3.31. The van der Waals surface area contributed by atoms with Crippen molar-refractivity contribution in [2.24, 2.45) is 5.10 Å². The number of nitrogens with zero attached hydrogens (tertiary/aromatic N) is 3. The number of carbonyl (C=O) groups is 2. The normalized spacial score (nSPS) is 17.4. The van der Waals surface area contributed by atoms with Gasteiger partial charge in [-0.15, -0.1) is 0 Å². The van der Waals surface area contributed by atoms with Gasteiger partial charge in [0, 0.05) is 28.6 Å². The van der Waals surface area contributed by atoms with E-state index in [1.165, 1.54) is 19.3 Å². The molecular weight excluding hydrogens is 410 g/mol. The fourth-order valence-electron chi connectivity index (χ4n) is 4.72. The summed E-state index contributed by atoms with van der Waals surface area (Å²) in [5.74, 6) is -0.00438. The number of rotatable bonds is 4. The first kappa shape index (κ1) is 20.0. The summed E-state index contributed by atoms with van der Waals surface area (Å²) in [5, 5.41) is 8.05. The van der Waals surface area contributed by atoms with E-state index in [2.05, 4.69) is 0 Å². The molecule has 2 aromatic carbocycles. The van der Waals surface area contributed by atoms with Gasteiger partial charge in [0.25, 0.3) is 5.91 Å². The number of hydrogen-bond acceptors (Lipinski definition) is 3. The summed E-state index contributed by atoms with van der Waals surface area (Å²) in [6, 6.07) is 15.0. The van der Waals surface area contributed by atoms with Gasteiger partial charge in [0.05, 0.1) is 23.7 Å². The molecule has 0 spiro atoms. The zero-order chi connectivity index (χ0) is 21.4. The summed E-state index contributed by atoms with van der Waals surface area (Å²) < 4.78 is 1.68. The van der Waals surface area contributed by atoms with Crippen molar-refractivity contribution in [2.75, 3.05) is 0 Å². The molecule has 158 valence electrons.